The van der Waals surface area contributed by atoms with Crippen LogP contribution in [0.3, 0.4) is 0 Å². The molecule has 1 heterocycles. The molecule has 0 spiro atoms. The third kappa shape index (κ3) is 4.76. The Kier molecular flexibility index (Phi) is 6.13. The molecule has 2 aromatic rings. The molecular weight excluding hydrogens is 393 g/mol. The molecule has 28 heavy (non-hydrogen) atoms. The summed E-state index contributed by atoms with van der Waals surface area (Å²) >= 11 is 5.85. The lowest BCUT2D eigenvalue weighted by molar-refractivity contribution is -0.141. The first-order valence-electron chi connectivity index (χ1n) is 9.05. The van der Waals surface area contributed by atoms with Crippen molar-refractivity contribution in [2.75, 3.05) is 0 Å². The van der Waals surface area contributed by atoms with Crippen molar-refractivity contribution in [1.82, 2.24) is 9.78 Å². The molecule has 0 bridgehead atoms. The maximum atomic E-state index is 13.0. The number of aromatic nitrogens is 2. The molecular formula is C20H20ClF3N2O2. The van der Waals surface area contributed by atoms with Crippen molar-refractivity contribution in [3.05, 3.63) is 52.3 Å². The lowest BCUT2D eigenvalue weighted by atomic mass is 9.84. The van der Waals surface area contributed by atoms with Crippen LogP contribution in [0.15, 0.2) is 30.3 Å². The van der Waals surface area contributed by atoms with Gasteiger partial charge in [-0.05, 0) is 42.5 Å². The third-order valence-electron chi connectivity index (χ3n) is 4.84. The van der Waals surface area contributed by atoms with Crippen LogP contribution >= 0.6 is 11.6 Å². The van der Waals surface area contributed by atoms with E-state index < -0.39 is 17.8 Å². The van der Waals surface area contributed by atoms with Gasteiger partial charge in [-0.25, -0.2) is 4.79 Å². The van der Waals surface area contributed by atoms with Crippen LogP contribution in [0.1, 0.15) is 54.8 Å². The third-order valence-corrected chi connectivity index (χ3v) is 5.29. The number of benzene rings is 1. The highest BCUT2D eigenvalue weighted by atomic mass is 35.5. The Labute approximate surface area is 165 Å². The highest BCUT2D eigenvalue weighted by Crippen LogP contribution is 2.35. The molecule has 1 aromatic carbocycles. The monoisotopic (exact) mass is 412 g/mol. The van der Waals surface area contributed by atoms with E-state index in [-0.39, 0.29) is 10.7 Å². The van der Waals surface area contributed by atoms with Crippen LogP contribution in [0, 0.1) is 0 Å². The second-order valence-electron chi connectivity index (χ2n) is 6.83. The molecule has 0 amide bonds. The predicted octanol–water partition coefficient (Wildman–Crippen LogP) is 5.76. The Balaban J connectivity index is 1.67. The van der Waals surface area contributed by atoms with E-state index in [2.05, 4.69) is 5.10 Å². The molecule has 0 unspecified atom stereocenters. The highest BCUT2D eigenvalue weighted by Gasteiger charge is 2.38. The number of rotatable bonds is 4. The van der Waals surface area contributed by atoms with Crippen LogP contribution in [0.5, 0.6) is 5.75 Å². The number of nitrogens with zero attached hydrogens (tertiary/aromatic N) is 2. The van der Waals surface area contributed by atoms with Crippen LogP contribution in [0.4, 0.5) is 13.2 Å². The summed E-state index contributed by atoms with van der Waals surface area (Å²) in [5.74, 6) is 0.0768. The van der Waals surface area contributed by atoms with Gasteiger partial charge < -0.3 is 4.74 Å². The lowest BCUT2D eigenvalue weighted by Gasteiger charge is -2.21. The Morgan fingerprint density at radius 3 is 2.46 bits per heavy atom. The summed E-state index contributed by atoms with van der Waals surface area (Å²) in [7, 11) is 1.29. The van der Waals surface area contributed by atoms with E-state index in [0.717, 1.165) is 29.7 Å². The van der Waals surface area contributed by atoms with Gasteiger partial charge in [-0.1, -0.05) is 43.0 Å². The minimum absolute atomic E-state index is 0.215. The first-order valence-corrected chi connectivity index (χ1v) is 9.43. The number of ether oxygens (including phenoxy) is 1. The molecule has 150 valence electrons. The zero-order chi connectivity index (χ0) is 20.3. The minimum atomic E-state index is -4.68. The van der Waals surface area contributed by atoms with Gasteiger partial charge in [-0.3, -0.25) is 4.68 Å². The summed E-state index contributed by atoms with van der Waals surface area (Å²) in [6.45, 7) is 0. The fraction of sp³-hybridized carbons (Fsp3) is 0.400. The molecule has 8 heteroatoms. The van der Waals surface area contributed by atoms with Crippen LogP contribution < -0.4 is 4.74 Å². The highest BCUT2D eigenvalue weighted by molar-refractivity contribution is 6.31. The zero-order valence-electron chi connectivity index (χ0n) is 15.3. The number of esters is 1. The predicted molar refractivity (Wildman–Crippen MR) is 100 cm³/mol. The molecule has 1 fully saturated rings. The number of carbonyl (C=O) groups is 1. The van der Waals surface area contributed by atoms with E-state index in [0.29, 0.717) is 11.7 Å². The van der Waals surface area contributed by atoms with E-state index in [1.54, 1.807) is 12.1 Å². The number of halogens is 4. The summed E-state index contributed by atoms with van der Waals surface area (Å²) in [5, 5.41) is 3.14. The Morgan fingerprint density at radius 1 is 1.21 bits per heavy atom. The maximum absolute atomic E-state index is 13.0. The van der Waals surface area contributed by atoms with Crippen molar-refractivity contribution in [1.29, 1.82) is 0 Å². The molecule has 1 aliphatic carbocycles. The van der Waals surface area contributed by atoms with Gasteiger partial charge in [0.2, 0.25) is 0 Å². The smallest absolute Gasteiger partial charge is 0.423 e. The molecule has 0 radical (unpaired) electrons. The fourth-order valence-electron chi connectivity index (χ4n) is 3.42. The number of alkyl halides is 3. The van der Waals surface area contributed by atoms with Gasteiger partial charge in [0.15, 0.2) is 5.69 Å². The van der Waals surface area contributed by atoms with Gasteiger partial charge in [0.25, 0.3) is 0 Å². The van der Waals surface area contributed by atoms with Crippen molar-refractivity contribution in [2.24, 2.45) is 7.05 Å². The second kappa shape index (κ2) is 8.39. The van der Waals surface area contributed by atoms with Gasteiger partial charge in [0, 0.05) is 18.7 Å². The second-order valence-corrected chi connectivity index (χ2v) is 7.19. The van der Waals surface area contributed by atoms with Gasteiger partial charge in [0.05, 0.1) is 0 Å². The first-order chi connectivity index (χ1) is 13.3. The van der Waals surface area contributed by atoms with E-state index in [4.69, 9.17) is 16.3 Å². The molecule has 0 saturated heterocycles. The standard InChI is InChI=1S/C20H20ClF3N2O2/c1-26-19(21)16(18(25-26)20(22,23)24)11-12-17(27)28-15-9-7-14(8-10-15)13-5-3-2-4-6-13/h7-13H,2-6H2,1H3/b12-11+. The lowest BCUT2D eigenvalue weighted by Crippen LogP contribution is -2.09. The number of hydrogen-bond donors (Lipinski definition) is 0. The van der Waals surface area contributed by atoms with Crippen LogP contribution in [0.25, 0.3) is 6.08 Å². The van der Waals surface area contributed by atoms with Gasteiger partial charge >= 0.3 is 12.1 Å². The Morgan fingerprint density at radius 2 is 1.86 bits per heavy atom. The molecule has 4 nitrogen and oxygen atoms in total. The van der Waals surface area contributed by atoms with E-state index >= 15 is 0 Å². The minimum Gasteiger partial charge on any atom is -0.423 e. The fourth-order valence-corrected chi connectivity index (χ4v) is 3.61. The van der Waals surface area contributed by atoms with Crippen molar-refractivity contribution in [2.45, 2.75) is 44.2 Å². The summed E-state index contributed by atoms with van der Waals surface area (Å²) in [6, 6.07) is 7.27. The van der Waals surface area contributed by atoms with Gasteiger partial charge in [-0.15, -0.1) is 0 Å². The largest absolute Gasteiger partial charge is 0.435 e. The Hall–Kier alpha value is -2.28. The molecule has 0 aliphatic heterocycles. The first kappa shape index (κ1) is 20.5. The van der Waals surface area contributed by atoms with Gasteiger partial charge in [-0.2, -0.15) is 18.3 Å². The summed E-state index contributed by atoms with van der Waals surface area (Å²) in [4.78, 5) is 12.0. The number of hydrogen-bond acceptors (Lipinski definition) is 3. The van der Waals surface area contributed by atoms with Crippen molar-refractivity contribution in [3.63, 3.8) is 0 Å². The molecule has 0 N–H and O–H groups in total. The molecule has 1 aliphatic rings. The van der Waals surface area contributed by atoms with Crippen LogP contribution in [0.2, 0.25) is 5.15 Å². The van der Waals surface area contributed by atoms with E-state index in [1.807, 2.05) is 12.1 Å². The number of aryl methyl sites for hydroxylation is 1. The van der Waals surface area contributed by atoms with Crippen molar-refractivity contribution < 1.29 is 22.7 Å². The van der Waals surface area contributed by atoms with E-state index in [1.165, 1.54) is 31.9 Å². The zero-order valence-corrected chi connectivity index (χ0v) is 16.1. The maximum Gasteiger partial charge on any atom is 0.435 e. The average molecular weight is 413 g/mol. The molecule has 1 aromatic heterocycles. The SMILES string of the molecule is Cn1nc(C(F)(F)F)c(/C=C/C(=O)Oc2ccc(C3CCCCC3)cc2)c1Cl. The van der Waals surface area contributed by atoms with Crippen LogP contribution in [-0.4, -0.2) is 15.7 Å². The summed E-state index contributed by atoms with van der Waals surface area (Å²) in [6.07, 6.45) is 3.25. The molecule has 3 rings (SSSR count). The van der Waals surface area contributed by atoms with Crippen molar-refractivity contribution in [3.8, 4) is 5.75 Å². The molecule has 0 atom stereocenters. The molecule has 1 saturated carbocycles. The number of carbonyl (C=O) groups excluding carboxylic acids is 1. The quantitative estimate of drug-likeness (QED) is 0.364. The van der Waals surface area contributed by atoms with Crippen molar-refractivity contribution >= 4 is 23.6 Å². The summed E-state index contributed by atoms with van der Waals surface area (Å²) in [5.41, 5.74) is -0.311. The van der Waals surface area contributed by atoms with Gasteiger partial charge in [0.1, 0.15) is 10.9 Å². The van der Waals surface area contributed by atoms with E-state index in [9.17, 15) is 18.0 Å². The topological polar surface area (TPSA) is 44.1 Å². The summed E-state index contributed by atoms with van der Waals surface area (Å²) < 4.78 is 45.1. The Bertz CT molecular complexity index is 867. The normalized spacial score (nSPS) is 15.9. The average Bonchev–Trinajstić information content (AvgIpc) is 2.96. The van der Waals surface area contributed by atoms with Crippen LogP contribution in [-0.2, 0) is 18.0 Å².